The Bertz CT molecular complexity index is 445. The summed E-state index contributed by atoms with van der Waals surface area (Å²) in [6, 6.07) is 8.03. The smallest absolute Gasteiger partial charge is 0.241 e. The minimum Gasteiger partial charge on any atom is -0.380 e. The van der Waals surface area contributed by atoms with Crippen molar-refractivity contribution in [3.05, 3.63) is 29.8 Å². The molecule has 0 aromatic heterocycles. The fourth-order valence-electron chi connectivity index (χ4n) is 2.65. The zero-order chi connectivity index (χ0) is 15.1. The number of carbonyl (C=O) groups is 1. The molecule has 1 heterocycles. The van der Waals surface area contributed by atoms with Crippen molar-refractivity contribution in [2.45, 2.75) is 51.2 Å². The predicted molar refractivity (Wildman–Crippen MR) is 85.5 cm³/mol. The Morgan fingerprint density at radius 2 is 2.10 bits per heavy atom. The summed E-state index contributed by atoms with van der Waals surface area (Å²) in [5.74, 6) is 0.0216. The van der Waals surface area contributed by atoms with Crippen LogP contribution in [0.25, 0.3) is 0 Å². The van der Waals surface area contributed by atoms with Crippen LogP contribution in [0.2, 0.25) is 0 Å². The van der Waals surface area contributed by atoms with Gasteiger partial charge in [0.2, 0.25) is 5.91 Å². The van der Waals surface area contributed by atoms with Gasteiger partial charge in [-0.2, -0.15) is 0 Å². The van der Waals surface area contributed by atoms with Gasteiger partial charge in [-0.3, -0.25) is 4.79 Å². The second kappa shape index (κ2) is 8.15. The third kappa shape index (κ3) is 4.83. The number of unbranched alkanes of at least 4 members (excludes halogenated alkanes) is 2. The largest absolute Gasteiger partial charge is 0.380 e. The number of rotatable bonds is 7. The molecular formula is C17H26N2O2. The minimum atomic E-state index is -0.154. The van der Waals surface area contributed by atoms with E-state index < -0.39 is 0 Å². The molecular weight excluding hydrogens is 264 g/mol. The van der Waals surface area contributed by atoms with Gasteiger partial charge >= 0.3 is 0 Å². The lowest BCUT2D eigenvalue weighted by Crippen LogP contribution is -2.35. The molecule has 116 valence electrons. The van der Waals surface area contributed by atoms with E-state index >= 15 is 0 Å². The van der Waals surface area contributed by atoms with Crippen LogP contribution in [-0.2, 0) is 16.0 Å². The highest BCUT2D eigenvalue weighted by Crippen LogP contribution is 2.15. The first-order valence-electron chi connectivity index (χ1n) is 7.89. The summed E-state index contributed by atoms with van der Waals surface area (Å²) in [6.45, 7) is 2.95. The molecule has 2 rings (SSSR count). The fourth-order valence-corrected chi connectivity index (χ4v) is 2.65. The van der Waals surface area contributed by atoms with Crippen LogP contribution < -0.4 is 10.6 Å². The van der Waals surface area contributed by atoms with Gasteiger partial charge in [-0.05, 0) is 37.0 Å². The number of methoxy groups -OCH3 is 1. The van der Waals surface area contributed by atoms with E-state index in [2.05, 4.69) is 29.7 Å². The number of benzene rings is 1. The molecule has 1 aliphatic heterocycles. The van der Waals surface area contributed by atoms with Crippen molar-refractivity contribution in [2.24, 2.45) is 0 Å². The third-order valence-corrected chi connectivity index (χ3v) is 4.03. The third-order valence-electron chi connectivity index (χ3n) is 4.03. The van der Waals surface area contributed by atoms with Crippen molar-refractivity contribution < 1.29 is 9.53 Å². The predicted octanol–water partition coefficient (Wildman–Crippen LogP) is 2.73. The molecule has 2 atom stereocenters. The molecule has 0 spiro atoms. The van der Waals surface area contributed by atoms with Crippen LogP contribution in [0, 0.1) is 0 Å². The topological polar surface area (TPSA) is 50.4 Å². The Morgan fingerprint density at radius 3 is 2.71 bits per heavy atom. The molecule has 0 bridgehead atoms. The van der Waals surface area contributed by atoms with Crippen LogP contribution >= 0.6 is 0 Å². The number of hydrogen-bond donors (Lipinski definition) is 2. The average Bonchev–Trinajstić information content (AvgIpc) is 2.98. The quantitative estimate of drug-likeness (QED) is 0.759. The van der Waals surface area contributed by atoms with Gasteiger partial charge in [0.25, 0.3) is 0 Å². The molecule has 1 saturated heterocycles. The number of aryl methyl sites for hydroxylation is 1. The van der Waals surface area contributed by atoms with Gasteiger partial charge in [0.1, 0.15) is 0 Å². The first-order chi connectivity index (χ1) is 10.2. The molecule has 2 unspecified atom stereocenters. The van der Waals surface area contributed by atoms with E-state index in [0.717, 1.165) is 25.1 Å². The second-order valence-electron chi connectivity index (χ2n) is 5.70. The van der Waals surface area contributed by atoms with Crippen molar-refractivity contribution in [2.75, 3.05) is 19.0 Å². The van der Waals surface area contributed by atoms with Gasteiger partial charge in [-0.15, -0.1) is 0 Å². The maximum atomic E-state index is 12.1. The van der Waals surface area contributed by atoms with Crippen LogP contribution in [-0.4, -0.2) is 31.7 Å². The highest BCUT2D eigenvalue weighted by atomic mass is 16.5. The van der Waals surface area contributed by atoms with Gasteiger partial charge in [-0.25, -0.2) is 0 Å². The molecule has 0 radical (unpaired) electrons. The Hall–Kier alpha value is -1.39. The maximum Gasteiger partial charge on any atom is 0.241 e. The lowest BCUT2D eigenvalue weighted by Gasteiger charge is -2.11. The zero-order valence-electron chi connectivity index (χ0n) is 13.0. The van der Waals surface area contributed by atoms with Gasteiger partial charge < -0.3 is 15.4 Å². The first kappa shape index (κ1) is 16.0. The summed E-state index contributed by atoms with van der Waals surface area (Å²) < 4.78 is 5.26. The van der Waals surface area contributed by atoms with Gasteiger partial charge in [-0.1, -0.05) is 31.9 Å². The van der Waals surface area contributed by atoms with Crippen LogP contribution in [0.1, 0.15) is 38.2 Å². The summed E-state index contributed by atoms with van der Waals surface area (Å²) in [5, 5.41) is 6.15. The van der Waals surface area contributed by atoms with E-state index in [1.54, 1.807) is 7.11 Å². The minimum absolute atomic E-state index is 0.0216. The normalized spacial score (nSPS) is 21.4. The maximum absolute atomic E-state index is 12.1. The standard InChI is InChI=1S/C17H26N2O2/c1-3-4-5-6-13-7-9-14(10-8-13)19-17(20)16-11-15(21-2)12-18-16/h7-10,15-16,18H,3-6,11-12H2,1-2H3,(H,19,20). The second-order valence-corrected chi connectivity index (χ2v) is 5.70. The molecule has 1 fully saturated rings. The first-order valence-corrected chi connectivity index (χ1v) is 7.89. The summed E-state index contributed by atoms with van der Waals surface area (Å²) in [7, 11) is 1.68. The van der Waals surface area contributed by atoms with E-state index in [0.29, 0.717) is 0 Å². The lowest BCUT2D eigenvalue weighted by atomic mass is 10.1. The Labute approximate surface area is 127 Å². The van der Waals surface area contributed by atoms with Crippen LogP contribution in [0.15, 0.2) is 24.3 Å². The van der Waals surface area contributed by atoms with Crippen LogP contribution in [0.5, 0.6) is 0 Å². The number of carbonyl (C=O) groups excluding carboxylic acids is 1. The molecule has 4 heteroatoms. The Morgan fingerprint density at radius 1 is 1.33 bits per heavy atom. The molecule has 1 aliphatic rings. The lowest BCUT2D eigenvalue weighted by molar-refractivity contribution is -0.118. The van der Waals surface area contributed by atoms with E-state index in [9.17, 15) is 4.79 Å². The van der Waals surface area contributed by atoms with Gasteiger partial charge in [0, 0.05) is 19.3 Å². The molecule has 0 saturated carbocycles. The summed E-state index contributed by atoms with van der Waals surface area (Å²) in [4.78, 5) is 12.1. The molecule has 21 heavy (non-hydrogen) atoms. The number of amides is 1. The van der Waals surface area contributed by atoms with E-state index in [4.69, 9.17) is 4.74 Å². The van der Waals surface area contributed by atoms with E-state index in [-0.39, 0.29) is 18.1 Å². The van der Waals surface area contributed by atoms with E-state index in [1.807, 2.05) is 12.1 Å². The number of anilines is 1. The Balaban J connectivity index is 1.81. The van der Waals surface area contributed by atoms with Crippen molar-refractivity contribution in [1.82, 2.24) is 5.32 Å². The van der Waals surface area contributed by atoms with Crippen molar-refractivity contribution in [3.63, 3.8) is 0 Å². The summed E-state index contributed by atoms with van der Waals surface area (Å²) >= 11 is 0. The van der Waals surface area contributed by atoms with Gasteiger partial charge in [0.15, 0.2) is 0 Å². The molecule has 1 aromatic carbocycles. The summed E-state index contributed by atoms with van der Waals surface area (Å²) in [5.41, 5.74) is 2.20. The Kier molecular flexibility index (Phi) is 6.21. The zero-order valence-corrected chi connectivity index (χ0v) is 13.0. The highest BCUT2D eigenvalue weighted by Gasteiger charge is 2.29. The van der Waals surface area contributed by atoms with Crippen molar-refractivity contribution >= 4 is 11.6 Å². The number of nitrogens with one attached hydrogen (secondary N) is 2. The summed E-state index contributed by atoms with van der Waals surface area (Å²) in [6.07, 6.45) is 5.73. The molecule has 1 amide bonds. The highest BCUT2D eigenvalue weighted by molar-refractivity contribution is 5.95. The van der Waals surface area contributed by atoms with E-state index in [1.165, 1.54) is 24.8 Å². The monoisotopic (exact) mass is 290 g/mol. The SMILES string of the molecule is CCCCCc1ccc(NC(=O)C2CC(OC)CN2)cc1. The van der Waals surface area contributed by atoms with Crippen molar-refractivity contribution in [1.29, 1.82) is 0 Å². The van der Waals surface area contributed by atoms with Gasteiger partial charge in [0.05, 0.1) is 12.1 Å². The molecule has 0 aliphatic carbocycles. The fraction of sp³-hybridized carbons (Fsp3) is 0.588. The van der Waals surface area contributed by atoms with Crippen molar-refractivity contribution in [3.8, 4) is 0 Å². The number of ether oxygens (including phenoxy) is 1. The molecule has 2 N–H and O–H groups in total. The van der Waals surface area contributed by atoms with Crippen LogP contribution in [0.4, 0.5) is 5.69 Å². The number of hydrogen-bond acceptors (Lipinski definition) is 3. The van der Waals surface area contributed by atoms with Crippen LogP contribution in [0.3, 0.4) is 0 Å². The molecule has 1 aromatic rings. The molecule has 4 nitrogen and oxygen atoms in total. The average molecular weight is 290 g/mol.